The normalized spacial score (nSPS) is 10.4. The van der Waals surface area contributed by atoms with Crippen molar-refractivity contribution in [3.8, 4) is 11.3 Å². The second kappa shape index (κ2) is 3.89. The summed E-state index contributed by atoms with van der Waals surface area (Å²) < 4.78 is 1.33. The molecule has 0 aliphatic heterocycles. The first kappa shape index (κ1) is 10.5. The van der Waals surface area contributed by atoms with Gasteiger partial charge in [0.05, 0.1) is 5.69 Å². The molecule has 2 aromatic heterocycles. The lowest BCUT2D eigenvalue weighted by Crippen LogP contribution is -2.18. The maximum atomic E-state index is 11.2. The summed E-state index contributed by atoms with van der Waals surface area (Å²) in [5.74, 6) is 0. The quantitative estimate of drug-likeness (QED) is 0.723. The maximum absolute atomic E-state index is 11.2. The standard InChI is InChI=1S/C12H13N3O/c1-8-6-10(7-9(2)13-8)11-4-5-12(16)15(3)14-11/h4-7H,1-3H3. The maximum Gasteiger partial charge on any atom is 0.266 e. The predicted molar refractivity (Wildman–Crippen MR) is 62.2 cm³/mol. The van der Waals surface area contributed by atoms with Crippen LogP contribution in [0.3, 0.4) is 0 Å². The van der Waals surface area contributed by atoms with Crippen LogP contribution < -0.4 is 5.56 Å². The molecule has 0 unspecified atom stereocenters. The van der Waals surface area contributed by atoms with Crippen molar-refractivity contribution in [3.05, 3.63) is 46.0 Å². The van der Waals surface area contributed by atoms with E-state index in [9.17, 15) is 4.79 Å². The number of hydrogen-bond acceptors (Lipinski definition) is 3. The van der Waals surface area contributed by atoms with Gasteiger partial charge in [-0.05, 0) is 32.0 Å². The van der Waals surface area contributed by atoms with Crippen LogP contribution in [0, 0.1) is 13.8 Å². The lowest BCUT2D eigenvalue weighted by molar-refractivity contribution is 0.712. The Morgan fingerprint density at radius 3 is 2.31 bits per heavy atom. The summed E-state index contributed by atoms with van der Waals surface area (Å²) in [5.41, 5.74) is 3.57. The van der Waals surface area contributed by atoms with Crippen molar-refractivity contribution < 1.29 is 0 Å². The van der Waals surface area contributed by atoms with Gasteiger partial charge in [-0.25, -0.2) is 4.68 Å². The first-order chi connectivity index (χ1) is 7.56. The van der Waals surface area contributed by atoms with Crippen molar-refractivity contribution in [2.75, 3.05) is 0 Å². The first-order valence-corrected chi connectivity index (χ1v) is 5.06. The minimum Gasteiger partial charge on any atom is -0.268 e. The average Bonchev–Trinajstić information content (AvgIpc) is 2.20. The Labute approximate surface area is 93.6 Å². The van der Waals surface area contributed by atoms with Crippen LogP contribution in [0.25, 0.3) is 11.3 Å². The van der Waals surface area contributed by atoms with Crippen LogP contribution in [0.1, 0.15) is 11.4 Å². The number of hydrogen-bond donors (Lipinski definition) is 0. The summed E-state index contributed by atoms with van der Waals surface area (Å²) in [4.78, 5) is 15.5. The van der Waals surface area contributed by atoms with Crippen molar-refractivity contribution >= 4 is 0 Å². The summed E-state index contributed by atoms with van der Waals surface area (Å²) in [6.45, 7) is 3.89. The Morgan fingerprint density at radius 2 is 1.75 bits per heavy atom. The molecule has 0 aliphatic rings. The van der Waals surface area contributed by atoms with E-state index in [1.165, 1.54) is 10.7 Å². The van der Waals surface area contributed by atoms with Gasteiger partial charge in [0.1, 0.15) is 0 Å². The smallest absolute Gasteiger partial charge is 0.266 e. The van der Waals surface area contributed by atoms with Crippen LogP contribution in [0.5, 0.6) is 0 Å². The van der Waals surface area contributed by atoms with Crippen LogP contribution in [-0.2, 0) is 7.05 Å². The number of nitrogens with zero attached hydrogens (tertiary/aromatic N) is 3. The van der Waals surface area contributed by atoms with Gasteiger partial charge in [-0.15, -0.1) is 0 Å². The molecule has 0 radical (unpaired) electrons. The highest BCUT2D eigenvalue weighted by molar-refractivity contribution is 5.59. The summed E-state index contributed by atoms with van der Waals surface area (Å²) in [7, 11) is 1.65. The van der Waals surface area contributed by atoms with Gasteiger partial charge in [0.25, 0.3) is 5.56 Å². The third-order valence-electron chi connectivity index (χ3n) is 2.34. The van der Waals surface area contributed by atoms with E-state index in [1.807, 2.05) is 26.0 Å². The van der Waals surface area contributed by atoms with E-state index in [0.29, 0.717) is 0 Å². The third-order valence-corrected chi connectivity index (χ3v) is 2.34. The Kier molecular flexibility index (Phi) is 2.56. The van der Waals surface area contributed by atoms with Crippen LogP contribution >= 0.6 is 0 Å². The van der Waals surface area contributed by atoms with E-state index in [1.54, 1.807) is 13.1 Å². The largest absolute Gasteiger partial charge is 0.268 e. The van der Waals surface area contributed by atoms with Gasteiger partial charge in [0.15, 0.2) is 0 Å². The van der Waals surface area contributed by atoms with Crippen molar-refractivity contribution in [1.82, 2.24) is 14.8 Å². The minimum absolute atomic E-state index is 0.105. The zero-order valence-electron chi connectivity index (χ0n) is 9.56. The molecule has 0 fully saturated rings. The fourth-order valence-electron chi connectivity index (χ4n) is 1.64. The molecule has 0 saturated heterocycles. The lowest BCUT2D eigenvalue weighted by atomic mass is 10.1. The van der Waals surface area contributed by atoms with Crippen LogP contribution in [-0.4, -0.2) is 14.8 Å². The number of pyridine rings is 1. The molecule has 0 aromatic carbocycles. The Balaban J connectivity index is 2.58. The highest BCUT2D eigenvalue weighted by atomic mass is 16.1. The highest BCUT2D eigenvalue weighted by Crippen LogP contribution is 2.16. The fraction of sp³-hybridized carbons (Fsp3) is 0.250. The zero-order valence-corrected chi connectivity index (χ0v) is 9.56. The summed E-state index contributed by atoms with van der Waals surface area (Å²) >= 11 is 0. The van der Waals surface area contributed by atoms with Crippen LogP contribution in [0.15, 0.2) is 29.1 Å². The highest BCUT2D eigenvalue weighted by Gasteiger charge is 2.03. The van der Waals surface area contributed by atoms with Crippen molar-refractivity contribution in [3.63, 3.8) is 0 Å². The zero-order chi connectivity index (χ0) is 11.7. The number of rotatable bonds is 1. The Hall–Kier alpha value is -1.97. The van der Waals surface area contributed by atoms with Gasteiger partial charge in [0, 0.05) is 30.1 Å². The molecule has 4 heteroatoms. The lowest BCUT2D eigenvalue weighted by Gasteiger charge is -2.04. The monoisotopic (exact) mass is 215 g/mol. The molecule has 0 amide bonds. The van der Waals surface area contributed by atoms with Crippen molar-refractivity contribution in [2.45, 2.75) is 13.8 Å². The third kappa shape index (κ3) is 2.00. The minimum atomic E-state index is -0.105. The van der Waals surface area contributed by atoms with Gasteiger partial charge >= 0.3 is 0 Å². The molecular formula is C12H13N3O. The SMILES string of the molecule is Cc1cc(-c2ccc(=O)n(C)n2)cc(C)n1. The van der Waals surface area contributed by atoms with E-state index < -0.39 is 0 Å². The molecule has 0 spiro atoms. The molecule has 0 N–H and O–H groups in total. The Morgan fingerprint density at radius 1 is 1.12 bits per heavy atom. The molecule has 0 saturated carbocycles. The van der Waals surface area contributed by atoms with Gasteiger partial charge in [0.2, 0.25) is 0 Å². The topological polar surface area (TPSA) is 47.8 Å². The number of aromatic nitrogens is 3. The predicted octanol–water partition coefficient (Wildman–Crippen LogP) is 1.46. The Bertz CT molecular complexity index is 567. The number of aryl methyl sites for hydroxylation is 3. The molecule has 82 valence electrons. The summed E-state index contributed by atoms with van der Waals surface area (Å²) in [6.07, 6.45) is 0. The fourth-order valence-corrected chi connectivity index (χ4v) is 1.64. The van der Waals surface area contributed by atoms with E-state index in [4.69, 9.17) is 0 Å². The van der Waals surface area contributed by atoms with Crippen molar-refractivity contribution in [1.29, 1.82) is 0 Å². The van der Waals surface area contributed by atoms with Crippen molar-refractivity contribution in [2.24, 2.45) is 7.05 Å². The second-order valence-corrected chi connectivity index (χ2v) is 3.82. The van der Waals surface area contributed by atoms with E-state index in [0.717, 1.165) is 22.6 Å². The molecule has 0 bridgehead atoms. The first-order valence-electron chi connectivity index (χ1n) is 5.06. The molecule has 2 aromatic rings. The molecule has 2 heterocycles. The average molecular weight is 215 g/mol. The molecule has 2 rings (SSSR count). The molecular weight excluding hydrogens is 202 g/mol. The molecule has 16 heavy (non-hydrogen) atoms. The molecule has 0 aliphatic carbocycles. The van der Waals surface area contributed by atoms with Crippen LogP contribution in [0.4, 0.5) is 0 Å². The van der Waals surface area contributed by atoms with E-state index in [-0.39, 0.29) is 5.56 Å². The summed E-state index contributed by atoms with van der Waals surface area (Å²) in [6, 6.07) is 7.17. The second-order valence-electron chi connectivity index (χ2n) is 3.82. The summed E-state index contributed by atoms with van der Waals surface area (Å²) in [5, 5.41) is 4.20. The van der Waals surface area contributed by atoms with Gasteiger partial charge < -0.3 is 0 Å². The van der Waals surface area contributed by atoms with Gasteiger partial charge in [-0.1, -0.05) is 0 Å². The molecule has 0 atom stereocenters. The molecule has 4 nitrogen and oxygen atoms in total. The van der Waals surface area contributed by atoms with Crippen LogP contribution in [0.2, 0.25) is 0 Å². The van der Waals surface area contributed by atoms with E-state index in [2.05, 4.69) is 10.1 Å². The van der Waals surface area contributed by atoms with Gasteiger partial charge in [-0.2, -0.15) is 5.10 Å². The van der Waals surface area contributed by atoms with Gasteiger partial charge in [-0.3, -0.25) is 9.78 Å². The van der Waals surface area contributed by atoms with E-state index >= 15 is 0 Å².